The molecule has 0 heterocycles. The number of carbonyl (C=O) groups is 2. The van der Waals surface area contributed by atoms with Gasteiger partial charge in [-0.25, -0.2) is 4.79 Å². The van der Waals surface area contributed by atoms with Crippen molar-refractivity contribution in [3.63, 3.8) is 0 Å². The molecule has 1 aromatic rings. The molecule has 1 atom stereocenters. The normalized spacial score (nSPS) is 12.0. The van der Waals surface area contributed by atoms with Gasteiger partial charge in [0.25, 0.3) is 0 Å². The van der Waals surface area contributed by atoms with Gasteiger partial charge in [-0.05, 0) is 24.5 Å². The molecule has 23 heavy (non-hydrogen) atoms. The van der Waals surface area contributed by atoms with E-state index in [1.54, 1.807) is 4.90 Å². The first-order valence-electron chi connectivity index (χ1n) is 7.77. The molecule has 5 nitrogen and oxygen atoms in total. The summed E-state index contributed by atoms with van der Waals surface area (Å²) < 4.78 is 5.76. The predicted molar refractivity (Wildman–Crippen MR) is 94.6 cm³/mol. The topological polar surface area (TPSA) is 72.6 Å². The van der Waals surface area contributed by atoms with E-state index in [4.69, 9.17) is 10.5 Å². The van der Waals surface area contributed by atoms with Crippen molar-refractivity contribution in [2.75, 3.05) is 18.9 Å². The van der Waals surface area contributed by atoms with E-state index >= 15 is 0 Å². The molecule has 0 aliphatic carbocycles. The molecular formula is C17H26N2O3S. The predicted octanol–water partition coefficient (Wildman–Crippen LogP) is 3.14. The summed E-state index contributed by atoms with van der Waals surface area (Å²) in [6, 6.07) is 8.69. The van der Waals surface area contributed by atoms with Gasteiger partial charge in [-0.15, -0.1) is 0 Å². The quantitative estimate of drug-likeness (QED) is 0.751. The fourth-order valence-electron chi connectivity index (χ4n) is 2.02. The highest BCUT2D eigenvalue weighted by atomic mass is 32.2. The molecule has 0 saturated heterocycles. The summed E-state index contributed by atoms with van der Waals surface area (Å²) in [5.74, 6) is 1.68. The van der Waals surface area contributed by atoms with Gasteiger partial charge >= 0.3 is 6.03 Å². The molecule has 2 N–H and O–H groups in total. The van der Waals surface area contributed by atoms with Crippen LogP contribution in [0, 0.1) is 5.92 Å². The number of carbonyl (C=O) groups excluding carboxylic acids is 2. The summed E-state index contributed by atoms with van der Waals surface area (Å²) in [4.78, 5) is 24.7. The summed E-state index contributed by atoms with van der Waals surface area (Å²) in [6.07, 6.45) is 0.857. The minimum absolute atomic E-state index is 0.0167. The van der Waals surface area contributed by atoms with Crippen molar-refractivity contribution < 1.29 is 14.3 Å². The average molecular weight is 338 g/mol. The van der Waals surface area contributed by atoms with Crippen molar-refractivity contribution in [1.29, 1.82) is 0 Å². The molecule has 1 unspecified atom stereocenters. The summed E-state index contributed by atoms with van der Waals surface area (Å²) in [7, 11) is 0. The van der Waals surface area contributed by atoms with E-state index < -0.39 is 6.03 Å². The van der Waals surface area contributed by atoms with Crippen LogP contribution in [0.25, 0.3) is 0 Å². The Balaban J connectivity index is 2.74. The van der Waals surface area contributed by atoms with Crippen molar-refractivity contribution in [2.24, 2.45) is 11.7 Å². The van der Waals surface area contributed by atoms with Crippen LogP contribution in [0.1, 0.15) is 27.2 Å². The molecule has 0 fully saturated rings. The van der Waals surface area contributed by atoms with Crippen molar-refractivity contribution in [3.8, 4) is 5.75 Å². The van der Waals surface area contributed by atoms with Gasteiger partial charge < -0.3 is 15.4 Å². The second-order valence-corrected chi connectivity index (χ2v) is 6.99. The van der Waals surface area contributed by atoms with Crippen LogP contribution in [0.2, 0.25) is 0 Å². The van der Waals surface area contributed by atoms with Crippen LogP contribution in [0.5, 0.6) is 5.75 Å². The highest BCUT2D eigenvalue weighted by molar-refractivity contribution is 8.13. The Kier molecular flexibility index (Phi) is 8.55. The molecule has 0 aliphatic heterocycles. The molecule has 0 radical (unpaired) electrons. The number of benzene rings is 1. The second-order valence-electron chi connectivity index (χ2n) is 5.79. The first-order valence-corrected chi connectivity index (χ1v) is 8.76. The summed E-state index contributed by atoms with van der Waals surface area (Å²) in [5.41, 5.74) is 5.54. The van der Waals surface area contributed by atoms with Crippen molar-refractivity contribution in [2.45, 2.75) is 33.2 Å². The lowest BCUT2D eigenvalue weighted by Crippen LogP contribution is -2.48. The Labute approximate surface area is 142 Å². The Morgan fingerprint density at radius 2 is 1.91 bits per heavy atom. The zero-order chi connectivity index (χ0) is 17.2. The molecule has 0 aliphatic rings. The van der Waals surface area contributed by atoms with Crippen LogP contribution in [-0.4, -0.2) is 41.0 Å². The highest BCUT2D eigenvalue weighted by Crippen LogP contribution is 2.15. The minimum atomic E-state index is -0.475. The Morgan fingerprint density at radius 1 is 1.26 bits per heavy atom. The Bertz CT molecular complexity index is 494. The van der Waals surface area contributed by atoms with E-state index in [0.29, 0.717) is 24.8 Å². The van der Waals surface area contributed by atoms with Crippen LogP contribution >= 0.6 is 11.8 Å². The number of ether oxygens (including phenoxy) is 1. The van der Waals surface area contributed by atoms with Gasteiger partial charge in [-0.1, -0.05) is 43.8 Å². The lowest BCUT2D eigenvalue weighted by molar-refractivity contribution is -0.109. The average Bonchev–Trinajstić information content (AvgIpc) is 2.49. The molecule has 1 aromatic carbocycles. The zero-order valence-electron chi connectivity index (χ0n) is 14.0. The van der Waals surface area contributed by atoms with Gasteiger partial charge in [0.05, 0.1) is 6.04 Å². The fraction of sp³-hybridized carbons (Fsp3) is 0.529. The number of rotatable bonds is 9. The van der Waals surface area contributed by atoms with Gasteiger partial charge in [0.2, 0.25) is 0 Å². The van der Waals surface area contributed by atoms with Crippen molar-refractivity contribution >= 4 is 22.9 Å². The minimum Gasteiger partial charge on any atom is -0.491 e. The van der Waals surface area contributed by atoms with Gasteiger partial charge in [0.1, 0.15) is 12.4 Å². The second kappa shape index (κ2) is 10.2. The van der Waals surface area contributed by atoms with Crippen LogP contribution < -0.4 is 10.5 Å². The summed E-state index contributed by atoms with van der Waals surface area (Å²) >= 11 is 1.19. The Morgan fingerprint density at radius 3 is 2.43 bits per heavy atom. The molecule has 6 heteroatoms. The number of hydrogen-bond acceptors (Lipinski definition) is 4. The van der Waals surface area contributed by atoms with Gasteiger partial charge in [0, 0.05) is 19.2 Å². The third kappa shape index (κ3) is 7.93. The smallest absolute Gasteiger partial charge is 0.315 e. The molecule has 0 saturated carbocycles. The maximum atomic E-state index is 11.8. The van der Waals surface area contributed by atoms with E-state index in [0.717, 1.165) is 12.2 Å². The lowest BCUT2D eigenvalue weighted by Gasteiger charge is -2.30. The zero-order valence-corrected chi connectivity index (χ0v) is 14.8. The number of amides is 2. The van der Waals surface area contributed by atoms with Gasteiger partial charge in [-0.2, -0.15) is 0 Å². The maximum absolute atomic E-state index is 11.8. The lowest BCUT2D eigenvalue weighted by atomic mass is 10.1. The maximum Gasteiger partial charge on any atom is 0.315 e. The SMILES string of the molecule is CC(=O)SCC(COc1ccccc1)N(CCC(C)C)C(N)=O. The summed E-state index contributed by atoms with van der Waals surface area (Å²) in [6.45, 7) is 6.58. The standard InChI is InChI=1S/C17H26N2O3S/c1-13(2)9-10-19(17(18)21)15(12-23-14(3)20)11-22-16-7-5-4-6-8-16/h4-8,13,15H,9-12H2,1-3H3,(H2,18,21). The van der Waals surface area contributed by atoms with Crippen molar-refractivity contribution in [1.82, 2.24) is 4.90 Å². The molecule has 1 rings (SSSR count). The molecule has 0 spiro atoms. The van der Waals surface area contributed by atoms with Crippen LogP contribution in [-0.2, 0) is 4.79 Å². The number of thioether (sulfide) groups is 1. The highest BCUT2D eigenvalue weighted by Gasteiger charge is 2.23. The van der Waals surface area contributed by atoms with E-state index in [-0.39, 0.29) is 11.2 Å². The third-order valence-electron chi connectivity index (χ3n) is 3.34. The van der Waals surface area contributed by atoms with E-state index in [2.05, 4.69) is 13.8 Å². The molecule has 0 aromatic heterocycles. The van der Waals surface area contributed by atoms with Gasteiger partial charge in [-0.3, -0.25) is 4.79 Å². The van der Waals surface area contributed by atoms with Crippen LogP contribution in [0.3, 0.4) is 0 Å². The number of primary amides is 1. The third-order valence-corrected chi connectivity index (χ3v) is 4.29. The molecule has 2 amide bonds. The van der Waals surface area contributed by atoms with Gasteiger partial charge in [0.15, 0.2) is 5.12 Å². The summed E-state index contributed by atoms with van der Waals surface area (Å²) in [5, 5.41) is 0.0167. The number of urea groups is 1. The monoisotopic (exact) mass is 338 g/mol. The first-order chi connectivity index (χ1) is 10.9. The van der Waals surface area contributed by atoms with E-state index in [1.807, 2.05) is 30.3 Å². The van der Waals surface area contributed by atoms with E-state index in [9.17, 15) is 9.59 Å². The van der Waals surface area contributed by atoms with Crippen LogP contribution in [0.15, 0.2) is 30.3 Å². The van der Waals surface area contributed by atoms with E-state index in [1.165, 1.54) is 18.7 Å². The fourth-order valence-corrected chi connectivity index (χ4v) is 2.72. The number of nitrogens with zero attached hydrogens (tertiary/aromatic N) is 1. The van der Waals surface area contributed by atoms with Crippen LogP contribution in [0.4, 0.5) is 4.79 Å². The first kappa shape index (κ1) is 19.4. The molecule has 128 valence electrons. The molecular weight excluding hydrogens is 312 g/mol. The largest absolute Gasteiger partial charge is 0.491 e. The van der Waals surface area contributed by atoms with Crippen molar-refractivity contribution in [3.05, 3.63) is 30.3 Å². The number of hydrogen-bond donors (Lipinski definition) is 1. The number of nitrogens with two attached hydrogens (primary N) is 1. The molecule has 0 bridgehead atoms. The Hall–Kier alpha value is -1.69. The number of para-hydroxylation sites is 1.